The fraction of sp³-hybridized carbons (Fsp3) is 0.429. The normalized spacial score (nSPS) is 12.0. The molecule has 0 saturated carbocycles. The van der Waals surface area contributed by atoms with Gasteiger partial charge in [0.05, 0.1) is 0 Å². The quantitative estimate of drug-likeness (QED) is 0.423. The second-order valence-corrected chi connectivity index (χ2v) is 1.69. The lowest BCUT2D eigenvalue weighted by atomic mass is 10.2. The molecule has 2 N–H and O–H groups in total. The molecule has 0 aromatic heterocycles. The van der Waals surface area contributed by atoms with Crippen LogP contribution in [0, 0.1) is 12.3 Å². The van der Waals surface area contributed by atoms with Crippen LogP contribution in [-0.4, -0.2) is 6.04 Å². The van der Waals surface area contributed by atoms with Crippen molar-refractivity contribution in [1.82, 2.24) is 0 Å². The fourth-order valence-electron chi connectivity index (χ4n) is 0.449. The molecule has 0 aliphatic heterocycles. The van der Waals surface area contributed by atoms with Crippen LogP contribution in [0.15, 0.2) is 12.7 Å². The van der Waals surface area contributed by atoms with E-state index in [1.54, 1.807) is 6.08 Å². The summed E-state index contributed by atoms with van der Waals surface area (Å²) in [6.45, 7) is 3.53. The van der Waals surface area contributed by atoms with E-state index in [0.717, 1.165) is 6.42 Å². The maximum Gasteiger partial charge on any atom is 0.0241 e. The molecule has 44 valence electrons. The summed E-state index contributed by atoms with van der Waals surface area (Å²) < 4.78 is 0. The largest absolute Gasteiger partial charge is 0.327 e. The third kappa shape index (κ3) is 3.45. The molecule has 0 rings (SSSR count). The first kappa shape index (κ1) is 7.26. The molecular formula is C7H11N. The lowest BCUT2D eigenvalue weighted by molar-refractivity contribution is 0.706. The molecule has 0 aromatic carbocycles. The Morgan fingerprint density at radius 2 is 2.50 bits per heavy atom. The first-order valence-electron chi connectivity index (χ1n) is 2.61. The Morgan fingerprint density at radius 3 is 2.88 bits per heavy atom. The van der Waals surface area contributed by atoms with Crippen molar-refractivity contribution < 1.29 is 0 Å². The second-order valence-electron chi connectivity index (χ2n) is 1.69. The molecule has 0 fully saturated rings. The Morgan fingerprint density at radius 1 is 1.88 bits per heavy atom. The fourth-order valence-corrected chi connectivity index (χ4v) is 0.449. The highest BCUT2D eigenvalue weighted by Crippen LogP contribution is 1.91. The number of rotatable bonds is 3. The third-order valence-corrected chi connectivity index (χ3v) is 0.849. The first-order valence-corrected chi connectivity index (χ1v) is 2.61. The monoisotopic (exact) mass is 109 g/mol. The predicted octanol–water partition coefficient (Wildman–Crippen LogP) is 0.913. The lowest BCUT2D eigenvalue weighted by Gasteiger charge is -2.00. The average Bonchev–Trinajstić information content (AvgIpc) is 1.68. The molecule has 8 heavy (non-hydrogen) atoms. The van der Waals surface area contributed by atoms with Gasteiger partial charge in [0.25, 0.3) is 0 Å². The van der Waals surface area contributed by atoms with E-state index in [1.165, 1.54) is 0 Å². The molecule has 0 bridgehead atoms. The van der Waals surface area contributed by atoms with Crippen LogP contribution in [-0.2, 0) is 0 Å². The van der Waals surface area contributed by atoms with Gasteiger partial charge in [-0.2, -0.15) is 0 Å². The van der Waals surface area contributed by atoms with E-state index in [-0.39, 0.29) is 6.04 Å². The van der Waals surface area contributed by atoms with E-state index in [9.17, 15) is 0 Å². The maximum absolute atomic E-state index is 5.48. The van der Waals surface area contributed by atoms with E-state index >= 15 is 0 Å². The Bertz CT molecular complexity index is 99.4. The minimum absolute atomic E-state index is 0.109. The van der Waals surface area contributed by atoms with Gasteiger partial charge in [-0.25, -0.2) is 0 Å². The van der Waals surface area contributed by atoms with Gasteiger partial charge in [-0.15, -0.1) is 18.9 Å². The summed E-state index contributed by atoms with van der Waals surface area (Å²) in [5.74, 6) is 2.48. The van der Waals surface area contributed by atoms with Crippen molar-refractivity contribution in [2.24, 2.45) is 5.73 Å². The summed E-state index contributed by atoms with van der Waals surface area (Å²) in [7, 11) is 0. The first-order chi connectivity index (χ1) is 3.81. The zero-order chi connectivity index (χ0) is 6.41. The highest BCUT2D eigenvalue weighted by atomic mass is 14.6. The Labute approximate surface area is 50.6 Å². The van der Waals surface area contributed by atoms with Crippen LogP contribution in [0.25, 0.3) is 0 Å². The zero-order valence-corrected chi connectivity index (χ0v) is 4.93. The van der Waals surface area contributed by atoms with E-state index in [1.807, 2.05) is 0 Å². The van der Waals surface area contributed by atoms with E-state index < -0.39 is 0 Å². The summed E-state index contributed by atoms with van der Waals surface area (Å²) in [6, 6.07) is 0.109. The van der Waals surface area contributed by atoms with Crippen molar-refractivity contribution in [3.8, 4) is 12.3 Å². The topological polar surface area (TPSA) is 26.0 Å². The predicted molar refractivity (Wildman–Crippen MR) is 36.2 cm³/mol. The van der Waals surface area contributed by atoms with Gasteiger partial charge in [0.1, 0.15) is 0 Å². The molecule has 0 spiro atoms. The number of hydrogen-bond acceptors (Lipinski definition) is 1. The number of terminal acetylenes is 1. The standard InChI is InChI=1S/C7H11N/c1-3-5-7(8)6-4-2/h1,4,7H,2,5-6,8H2. The minimum atomic E-state index is 0.109. The molecule has 1 unspecified atom stereocenters. The van der Waals surface area contributed by atoms with Crippen molar-refractivity contribution in [2.75, 3.05) is 0 Å². The van der Waals surface area contributed by atoms with Crippen LogP contribution in [0.4, 0.5) is 0 Å². The van der Waals surface area contributed by atoms with Crippen LogP contribution in [0.2, 0.25) is 0 Å². The van der Waals surface area contributed by atoms with Gasteiger partial charge in [0.2, 0.25) is 0 Å². The highest BCUT2D eigenvalue weighted by molar-refractivity contribution is 4.90. The molecular weight excluding hydrogens is 98.1 g/mol. The van der Waals surface area contributed by atoms with E-state index in [2.05, 4.69) is 12.5 Å². The van der Waals surface area contributed by atoms with Crippen LogP contribution < -0.4 is 5.73 Å². The molecule has 0 amide bonds. The Balaban J connectivity index is 3.20. The Kier molecular flexibility index (Phi) is 4.01. The molecule has 0 aromatic rings. The molecule has 0 aliphatic rings. The average molecular weight is 109 g/mol. The summed E-state index contributed by atoms with van der Waals surface area (Å²) in [6.07, 6.45) is 8.23. The summed E-state index contributed by atoms with van der Waals surface area (Å²) in [5.41, 5.74) is 5.48. The molecule has 0 radical (unpaired) electrons. The molecule has 1 atom stereocenters. The lowest BCUT2D eigenvalue weighted by Crippen LogP contribution is -2.17. The summed E-state index contributed by atoms with van der Waals surface area (Å²) >= 11 is 0. The molecule has 0 aliphatic carbocycles. The van der Waals surface area contributed by atoms with Crippen LogP contribution >= 0.6 is 0 Å². The van der Waals surface area contributed by atoms with Crippen LogP contribution in [0.3, 0.4) is 0 Å². The van der Waals surface area contributed by atoms with Crippen molar-refractivity contribution in [3.63, 3.8) is 0 Å². The van der Waals surface area contributed by atoms with Crippen molar-refractivity contribution >= 4 is 0 Å². The molecule has 0 saturated heterocycles. The van der Waals surface area contributed by atoms with E-state index in [0.29, 0.717) is 6.42 Å². The molecule has 1 heteroatoms. The van der Waals surface area contributed by atoms with E-state index in [4.69, 9.17) is 12.2 Å². The van der Waals surface area contributed by atoms with Gasteiger partial charge in [-0.1, -0.05) is 6.08 Å². The number of nitrogens with two attached hydrogens (primary N) is 1. The van der Waals surface area contributed by atoms with Gasteiger partial charge in [-0.05, 0) is 6.42 Å². The Hall–Kier alpha value is -0.740. The van der Waals surface area contributed by atoms with Gasteiger partial charge in [0.15, 0.2) is 0 Å². The maximum atomic E-state index is 5.48. The van der Waals surface area contributed by atoms with Gasteiger partial charge >= 0.3 is 0 Å². The molecule has 0 heterocycles. The minimum Gasteiger partial charge on any atom is -0.327 e. The summed E-state index contributed by atoms with van der Waals surface area (Å²) in [5, 5.41) is 0. The zero-order valence-electron chi connectivity index (χ0n) is 4.93. The van der Waals surface area contributed by atoms with Crippen molar-refractivity contribution in [1.29, 1.82) is 0 Å². The second kappa shape index (κ2) is 4.42. The highest BCUT2D eigenvalue weighted by Gasteiger charge is 1.93. The van der Waals surface area contributed by atoms with Gasteiger partial charge in [-0.3, -0.25) is 0 Å². The third-order valence-electron chi connectivity index (χ3n) is 0.849. The van der Waals surface area contributed by atoms with Crippen LogP contribution in [0.1, 0.15) is 12.8 Å². The number of hydrogen-bond donors (Lipinski definition) is 1. The smallest absolute Gasteiger partial charge is 0.0241 e. The van der Waals surface area contributed by atoms with Gasteiger partial charge in [0, 0.05) is 12.5 Å². The summed E-state index contributed by atoms with van der Waals surface area (Å²) in [4.78, 5) is 0. The van der Waals surface area contributed by atoms with Crippen molar-refractivity contribution in [2.45, 2.75) is 18.9 Å². The molecule has 1 nitrogen and oxygen atoms in total. The van der Waals surface area contributed by atoms with Gasteiger partial charge < -0.3 is 5.73 Å². The van der Waals surface area contributed by atoms with Crippen molar-refractivity contribution in [3.05, 3.63) is 12.7 Å². The SMILES string of the molecule is C#CCC(N)CC=C. The van der Waals surface area contributed by atoms with Crippen LogP contribution in [0.5, 0.6) is 0 Å².